The van der Waals surface area contributed by atoms with E-state index in [1.807, 2.05) is 0 Å². The zero-order valence-corrected chi connectivity index (χ0v) is 14.0. The molecule has 21 heavy (non-hydrogen) atoms. The Balaban J connectivity index is 2.89. The molecule has 1 aromatic carbocycles. The Morgan fingerprint density at radius 2 is 1.90 bits per heavy atom. The number of nitrogens with two attached hydrogens (primary N) is 1. The normalized spacial score (nSPS) is 12.3. The van der Waals surface area contributed by atoms with Crippen molar-refractivity contribution in [2.24, 2.45) is 5.73 Å². The third kappa shape index (κ3) is 5.00. The Morgan fingerprint density at radius 3 is 2.38 bits per heavy atom. The molecule has 0 aliphatic heterocycles. The first-order valence-electron chi connectivity index (χ1n) is 5.90. The van der Waals surface area contributed by atoms with Crippen molar-refractivity contribution in [2.45, 2.75) is 11.8 Å². The summed E-state index contributed by atoms with van der Waals surface area (Å²) in [4.78, 5) is 0.214. The largest absolute Gasteiger partial charge is 0.389 e. The maximum absolute atomic E-state index is 12.0. The molecule has 1 aromatic rings. The van der Waals surface area contributed by atoms with E-state index in [1.54, 1.807) is 6.92 Å². The van der Waals surface area contributed by atoms with E-state index in [4.69, 9.17) is 18.0 Å². The molecule has 0 atom stereocenters. The van der Waals surface area contributed by atoms with Crippen LogP contribution in [0.25, 0.3) is 0 Å². The summed E-state index contributed by atoms with van der Waals surface area (Å²) in [7, 11) is -5.98. The van der Waals surface area contributed by atoms with Crippen molar-refractivity contribution in [2.75, 3.05) is 19.3 Å². The summed E-state index contributed by atoms with van der Waals surface area (Å²) >= 11 is 4.85. The number of hydrogen-bond acceptors (Lipinski definition) is 5. The minimum Gasteiger partial charge on any atom is -0.389 e. The summed E-state index contributed by atoms with van der Waals surface area (Å²) in [6.07, 6.45) is 0. The van der Waals surface area contributed by atoms with Crippen LogP contribution in [0.3, 0.4) is 0 Å². The molecule has 10 heteroatoms. The van der Waals surface area contributed by atoms with Crippen LogP contribution in [0.2, 0.25) is 0 Å². The van der Waals surface area contributed by atoms with Gasteiger partial charge in [-0.05, 0) is 31.7 Å². The molecule has 0 amide bonds. The Kier molecular flexibility index (Phi) is 5.82. The second-order valence-electron chi connectivity index (χ2n) is 4.26. The molecule has 0 heterocycles. The van der Waals surface area contributed by atoms with Gasteiger partial charge in [-0.25, -0.2) is 26.3 Å². The highest BCUT2D eigenvalue weighted by atomic mass is 32.2. The van der Waals surface area contributed by atoms with Gasteiger partial charge in [0.2, 0.25) is 20.0 Å². The number of hydrogen-bond donors (Lipinski definition) is 3. The minimum absolute atomic E-state index is 0.0295. The van der Waals surface area contributed by atoms with Crippen LogP contribution in [0.1, 0.15) is 11.1 Å². The first kappa shape index (κ1) is 18.0. The van der Waals surface area contributed by atoms with E-state index in [1.165, 1.54) is 25.2 Å². The number of benzene rings is 1. The number of aryl methyl sites for hydroxylation is 1. The van der Waals surface area contributed by atoms with E-state index >= 15 is 0 Å². The lowest BCUT2D eigenvalue weighted by Gasteiger charge is -2.09. The Labute approximate surface area is 130 Å². The number of sulfonamides is 2. The smallest absolute Gasteiger partial charge is 0.240 e. The lowest BCUT2D eigenvalue weighted by molar-refractivity contribution is 0.578. The molecule has 4 N–H and O–H groups in total. The molecule has 1 rings (SSSR count). The van der Waals surface area contributed by atoms with Gasteiger partial charge in [-0.15, -0.1) is 0 Å². The monoisotopic (exact) mass is 351 g/mol. The Hall–Kier alpha value is -1.07. The van der Waals surface area contributed by atoms with Crippen molar-refractivity contribution in [3.05, 3.63) is 29.3 Å². The van der Waals surface area contributed by atoms with Crippen molar-refractivity contribution >= 4 is 37.3 Å². The summed E-state index contributed by atoms with van der Waals surface area (Å²) in [5.74, 6) is -0.341. The molecular formula is C11H17N3O4S3. The molecular weight excluding hydrogens is 334 g/mol. The van der Waals surface area contributed by atoms with Gasteiger partial charge >= 0.3 is 0 Å². The van der Waals surface area contributed by atoms with E-state index in [-0.39, 0.29) is 22.2 Å². The lowest BCUT2D eigenvalue weighted by Crippen LogP contribution is -2.33. The van der Waals surface area contributed by atoms with E-state index < -0.39 is 20.0 Å². The molecule has 0 bridgehead atoms. The van der Waals surface area contributed by atoms with Gasteiger partial charge in [-0.3, -0.25) is 0 Å². The highest BCUT2D eigenvalue weighted by Crippen LogP contribution is 2.15. The summed E-state index contributed by atoms with van der Waals surface area (Å²) in [6, 6.07) is 4.33. The Morgan fingerprint density at radius 1 is 1.29 bits per heavy atom. The number of nitrogens with one attached hydrogen (secondary N) is 2. The maximum Gasteiger partial charge on any atom is 0.240 e. The van der Waals surface area contributed by atoms with Gasteiger partial charge in [0.05, 0.1) is 10.6 Å². The van der Waals surface area contributed by atoms with Crippen molar-refractivity contribution in [1.82, 2.24) is 9.44 Å². The summed E-state index contributed by atoms with van der Waals surface area (Å²) in [5.41, 5.74) is 6.74. The van der Waals surface area contributed by atoms with Gasteiger partial charge in [0, 0.05) is 12.1 Å². The van der Waals surface area contributed by atoms with Gasteiger partial charge in [0.1, 0.15) is 4.99 Å². The summed E-state index contributed by atoms with van der Waals surface area (Å²) < 4.78 is 50.9. The van der Waals surface area contributed by atoms with Crippen LogP contribution in [0.5, 0.6) is 0 Å². The zero-order valence-electron chi connectivity index (χ0n) is 11.6. The molecule has 0 unspecified atom stereocenters. The molecule has 0 aromatic heterocycles. The second-order valence-corrected chi connectivity index (χ2v) is 8.51. The topological polar surface area (TPSA) is 118 Å². The van der Waals surface area contributed by atoms with Gasteiger partial charge in [0.25, 0.3) is 0 Å². The second kappa shape index (κ2) is 6.79. The van der Waals surface area contributed by atoms with E-state index in [2.05, 4.69) is 9.44 Å². The van der Waals surface area contributed by atoms with Gasteiger partial charge < -0.3 is 5.73 Å². The third-order valence-corrected chi connectivity index (χ3v) is 5.79. The predicted molar refractivity (Wildman–Crippen MR) is 85.1 cm³/mol. The number of thiocarbonyl (C=S) groups is 1. The van der Waals surface area contributed by atoms with Crippen LogP contribution < -0.4 is 15.2 Å². The van der Waals surface area contributed by atoms with E-state index in [9.17, 15) is 16.8 Å². The standard InChI is InChI=1S/C11H17N3O4S3/c1-8-7-9(3-4-10(8)11(12)19)21(17,18)14-5-6-20(15,16)13-2/h3-4,7,13-14H,5-6H2,1-2H3,(H2,12,19). The van der Waals surface area contributed by atoms with Crippen molar-refractivity contribution in [1.29, 1.82) is 0 Å². The molecule has 7 nitrogen and oxygen atoms in total. The highest BCUT2D eigenvalue weighted by Gasteiger charge is 2.16. The fourth-order valence-corrected chi connectivity index (χ4v) is 3.63. The van der Waals surface area contributed by atoms with Crippen LogP contribution in [-0.2, 0) is 20.0 Å². The summed E-state index contributed by atoms with van der Waals surface area (Å²) in [6.45, 7) is 1.47. The zero-order chi connectivity index (χ0) is 16.3. The van der Waals surface area contributed by atoms with Gasteiger partial charge in [-0.1, -0.05) is 18.3 Å². The highest BCUT2D eigenvalue weighted by molar-refractivity contribution is 7.90. The number of rotatable bonds is 7. The molecule has 0 fully saturated rings. The molecule has 118 valence electrons. The van der Waals surface area contributed by atoms with Crippen LogP contribution >= 0.6 is 12.2 Å². The van der Waals surface area contributed by atoms with Crippen LogP contribution in [0.4, 0.5) is 0 Å². The molecule has 0 aliphatic rings. The quantitative estimate of drug-likeness (QED) is 0.568. The van der Waals surface area contributed by atoms with Gasteiger partial charge in [0.15, 0.2) is 0 Å². The maximum atomic E-state index is 12.0. The van der Waals surface area contributed by atoms with Crippen LogP contribution in [0, 0.1) is 6.92 Å². The summed E-state index contributed by atoms with van der Waals surface area (Å²) in [5, 5.41) is 0. The first-order chi connectivity index (χ1) is 9.59. The lowest BCUT2D eigenvalue weighted by atomic mass is 10.1. The fraction of sp³-hybridized carbons (Fsp3) is 0.364. The average Bonchev–Trinajstić information content (AvgIpc) is 2.37. The Bertz CT molecular complexity index is 742. The van der Waals surface area contributed by atoms with Crippen LogP contribution in [-0.4, -0.2) is 41.2 Å². The molecule has 0 aliphatic carbocycles. The van der Waals surface area contributed by atoms with E-state index in [0.29, 0.717) is 11.1 Å². The molecule has 0 radical (unpaired) electrons. The van der Waals surface area contributed by atoms with E-state index in [0.717, 1.165) is 0 Å². The van der Waals surface area contributed by atoms with Crippen LogP contribution in [0.15, 0.2) is 23.1 Å². The first-order valence-corrected chi connectivity index (χ1v) is 9.45. The van der Waals surface area contributed by atoms with Crippen molar-refractivity contribution < 1.29 is 16.8 Å². The average molecular weight is 351 g/mol. The van der Waals surface area contributed by atoms with Crippen molar-refractivity contribution in [3.8, 4) is 0 Å². The fourth-order valence-electron chi connectivity index (χ4n) is 1.58. The molecule has 0 saturated heterocycles. The minimum atomic E-state index is -3.78. The SMILES string of the molecule is CNS(=O)(=O)CCNS(=O)(=O)c1ccc(C(N)=S)c(C)c1. The van der Waals surface area contributed by atoms with Crippen molar-refractivity contribution in [3.63, 3.8) is 0 Å². The third-order valence-electron chi connectivity index (χ3n) is 2.75. The molecule has 0 spiro atoms. The predicted octanol–water partition coefficient (Wildman–Crippen LogP) is -0.543. The van der Waals surface area contributed by atoms with Gasteiger partial charge in [-0.2, -0.15) is 0 Å². The molecule has 0 saturated carbocycles.